The Balaban J connectivity index is 1.44. The average molecular weight is 468 g/mol. The van der Waals surface area contributed by atoms with Crippen molar-refractivity contribution in [3.63, 3.8) is 0 Å². The highest BCUT2D eigenvalue weighted by Gasteiger charge is 2.12. The highest BCUT2D eigenvalue weighted by Crippen LogP contribution is 2.26. The number of benzene rings is 4. The van der Waals surface area contributed by atoms with Crippen LogP contribution in [-0.4, -0.2) is 12.5 Å². The fourth-order valence-corrected chi connectivity index (χ4v) is 3.53. The average Bonchev–Trinajstić information content (AvgIpc) is 2.87. The molecule has 0 fully saturated rings. The first kappa shape index (κ1) is 23.9. The number of anilines is 1. The topological polar surface area (TPSA) is 56.8 Å². The molecular formula is C30H29NO4. The number of carbonyl (C=O) groups excluding carboxylic acids is 1. The van der Waals surface area contributed by atoms with Crippen LogP contribution in [0.2, 0.25) is 0 Å². The predicted molar refractivity (Wildman–Crippen MR) is 139 cm³/mol. The van der Waals surface area contributed by atoms with Gasteiger partial charge in [-0.25, -0.2) is 0 Å². The van der Waals surface area contributed by atoms with Crippen LogP contribution in [0.3, 0.4) is 0 Å². The minimum atomic E-state index is -0.211. The third-order valence-electron chi connectivity index (χ3n) is 5.59. The SMILES string of the molecule is CCOc1ccc(C(=O)Nc2ccc(Oc3ccccc3)cc2)cc1COc1ccc(C)c(C)c1. The van der Waals surface area contributed by atoms with Gasteiger partial charge in [-0.05, 0) is 98.6 Å². The molecule has 0 aliphatic heterocycles. The molecule has 4 aromatic carbocycles. The van der Waals surface area contributed by atoms with Crippen LogP contribution in [0.4, 0.5) is 5.69 Å². The Morgan fingerprint density at radius 1 is 0.743 bits per heavy atom. The monoisotopic (exact) mass is 467 g/mol. The van der Waals surface area contributed by atoms with Crippen LogP contribution in [0.1, 0.15) is 34.0 Å². The molecule has 0 atom stereocenters. The van der Waals surface area contributed by atoms with Gasteiger partial charge >= 0.3 is 0 Å². The molecule has 0 heterocycles. The summed E-state index contributed by atoms with van der Waals surface area (Å²) in [6.07, 6.45) is 0. The van der Waals surface area contributed by atoms with Crippen molar-refractivity contribution in [3.05, 3.63) is 113 Å². The molecule has 0 radical (unpaired) electrons. The molecule has 1 amide bonds. The van der Waals surface area contributed by atoms with Crippen molar-refractivity contribution < 1.29 is 19.0 Å². The lowest BCUT2D eigenvalue weighted by atomic mass is 10.1. The molecule has 0 saturated carbocycles. The normalized spacial score (nSPS) is 10.5. The Morgan fingerprint density at radius 2 is 1.46 bits per heavy atom. The molecule has 0 aliphatic rings. The van der Waals surface area contributed by atoms with Crippen LogP contribution >= 0.6 is 0 Å². The molecule has 0 bridgehead atoms. The lowest BCUT2D eigenvalue weighted by molar-refractivity contribution is 0.102. The van der Waals surface area contributed by atoms with Crippen LogP contribution in [0.5, 0.6) is 23.0 Å². The van der Waals surface area contributed by atoms with Crippen molar-refractivity contribution in [1.29, 1.82) is 0 Å². The Morgan fingerprint density at radius 3 is 2.17 bits per heavy atom. The van der Waals surface area contributed by atoms with Crippen LogP contribution in [-0.2, 0) is 6.61 Å². The predicted octanol–water partition coefficient (Wildman–Crippen LogP) is 7.33. The lowest BCUT2D eigenvalue weighted by Gasteiger charge is -2.14. The molecule has 0 unspecified atom stereocenters. The van der Waals surface area contributed by atoms with E-state index in [1.165, 1.54) is 11.1 Å². The Bertz CT molecular complexity index is 1280. The van der Waals surface area contributed by atoms with Gasteiger partial charge in [0.1, 0.15) is 29.6 Å². The molecule has 0 aliphatic carbocycles. The van der Waals surface area contributed by atoms with Gasteiger partial charge in [0.2, 0.25) is 0 Å². The van der Waals surface area contributed by atoms with E-state index >= 15 is 0 Å². The Kier molecular flexibility index (Phi) is 7.68. The van der Waals surface area contributed by atoms with Crippen molar-refractivity contribution in [1.82, 2.24) is 0 Å². The van der Waals surface area contributed by atoms with Gasteiger partial charge in [-0.15, -0.1) is 0 Å². The number of hydrogen-bond donors (Lipinski definition) is 1. The molecule has 4 rings (SSSR count). The zero-order valence-corrected chi connectivity index (χ0v) is 20.2. The van der Waals surface area contributed by atoms with E-state index in [9.17, 15) is 4.79 Å². The highest BCUT2D eigenvalue weighted by molar-refractivity contribution is 6.04. The van der Waals surface area contributed by atoms with E-state index in [1.807, 2.05) is 91.9 Å². The molecule has 178 valence electrons. The van der Waals surface area contributed by atoms with Gasteiger partial charge < -0.3 is 19.5 Å². The number of hydrogen-bond acceptors (Lipinski definition) is 4. The first-order valence-electron chi connectivity index (χ1n) is 11.6. The second-order valence-corrected chi connectivity index (χ2v) is 8.18. The first-order valence-corrected chi connectivity index (χ1v) is 11.6. The fraction of sp³-hybridized carbons (Fsp3) is 0.167. The summed E-state index contributed by atoms with van der Waals surface area (Å²) in [7, 11) is 0. The summed E-state index contributed by atoms with van der Waals surface area (Å²) in [4.78, 5) is 12.9. The van der Waals surface area contributed by atoms with Gasteiger partial charge in [0.05, 0.1) is 6.61 Å². The minimum absolute atomic E-state index is 0.211. The molecule has 4 aromatic rings. The summed E-state index contributed by atoms with van der Waals surface area (Å²) in [6.45, 7) is 6.88. The molecule has 35 heavy (non-hydrogen) atoms. The molecule has 5 heteroatoms. The maximum atomic E-state index is 12.9. The van der Waals surface area contributed by atoms with E-state index in [-0.39, 0.29) is 5.91 Å². The summed E-state index contributed by atoms with van der Waals surface area (Å²) in [5, 5.41) is 2.94. The molecule has 0 aromatic heterocycles. The maximum Gasteiger partial charge on any atom is 0.255 e. The first-order chi connectivity index (χ1) is 17.0. The minimum Gasteiger partial charge on any atom is -0.493 e. The zero-order chi connectivity index (χ0) is 24.6. The van der Waals surface area contributed by atoms with Crippen LogP contribution in [0.25, 0.3) is 0 Å². The van der Waals surface area contributed by atoms with Crippen molar-refractivity contribution >= 4 is 11.6 Å². The number of rotatable bonds is 9. The number of ether oxygens (including phenoxy) is 3. The zero-order valence-electron chi connectivity index (χ0n) is 20.2. The summed E-state index contributed by atoms with van der Waals surface area (Å²) < 4.78 is 17.6. The molecule has 1 N–H and O–H groups in total. The van der Waals surface area contributed by atoms with Gasteiger partial charge in [-0.2, -0.15) is 0 Å². The van der Waals surface area contributed by atoms with Gasteiger partial charge in [0.15, 0.2) is 0 Å². The lowest BCUT2D eigenvalue weighted by Crippen LogP contribution is -2.13. The quantitative estimate of drug-likeness (QED) is 0.280. The van der Waals surface area contributed by atoms with E-state index in [0.717, 1.165) is 17.1 Å². The Labute approximate surface area is 206 Å². The standard InChI is InChI=1S/C30H29NO4/c1-4-33-29-17-11-23(19-24(29)20-34-28-14-10-21(2)22(3)18-28)30(32)31-25-12-15-27(16-13-25)35-26-8-6-5-7-9-26/h5-19H,4,20H2,1-3H3,(H,31,32). The van der Waals surface area contributed by atoms with Gasteiger partial charge in [0.25, 0.3) is 5.91 Å². The highest BCUT2D eigenvalue weighted by atomic mass is 16.5. The summed E-state index contributed by atoms with van der Waals surface area (Å²) in [6, 6.07) is 28.2. The maximum absolute atomic E-state index is 12.9. The Hall–Kier alpha value is -4.25. The fourth-order valence-electron chi connectivity index (χ4n) is 3.53. The largest absolute Gasteiger partial charge is 0.493 e. The number of amides is 1. The summed E-state index contributed by atoms with van der Waals surface area (Å²) >= 11 is 0. The molecule has 0 saturated heterocycles. The number of nitrogens with one attached hydrogen (secondary N) is 1. The van der Waals surface area contributed by atoms with E-state index in [0.29, 0.717) is 36.0 Å². The smallest absolute Gasteiger partial charge is 0.255 e. The third kappa shape index (κ3) is 6.42. The summed E-state index contributed by atoms with van der Waals surface area (Å²) in [5.74, 6) is 2.73. The van der Waals surface area contributed by atoms with Crippen molar-refractivity contribution in [3.8, 4) is 23.0 Å². The van der Waals surface area contributed by atoms with Crippen molar-refractivity contribution in [2.24, 2.45) is 0 Å². The van der Waals surface area contributed by atoms with Crippen LogP contribution < -0.4 is 19.5 Å². The van der Waals surface area contributed by atoms with Gasteiger partial charge in [0, 0.05) is 16.8 Å². The van der Waals surface area contributed by atoms with Gasteiger partial charge in [-0.1, -0.05) is 24.3 Å². The van der Waals surface area contributed by atoms with Crippen molar-refractivity contribution in [2.45, 2.75) is 27.4 Å². The van der Waals surface area contributed by atoms with Crippen LogP contribution in [0.15, 0.2) is 91.0 Å². The number of para-hydroxylation sites is 1. The third-order valence-corrected chi connectivity index (χ3v) is 5.59. The van der Waals surface area contributed by atoms with E-state index in [2.05, 4.69) is 19.2 Å². The molecular weight excluding hydrogens is 438 g/mol. The number of carbonyl (C=O) groups is 1. The van der Waals surface area contributed by atoms with E-state index in [1.54, 1.807) is 6.07 Å². The molecule has 0 spiro atoms. The van der Waals surface area contributed by atoms with E-state index in [4.69, 9.17) is 14.2 Å². The number of aryl methyl sites for hydroxylation is 2. The summed E-state index contributed by atoms with van der Waals surface area (Å²) in [5.41, 5.74) is 4.39. The second-order valence-electron chi connectivity index (χ2n) is 8.18. The molecule has 5 nitrogen and oxygen atoms in total. The van der Waals surface area contributed by atoms with Gasteiger partial charge in [-0.3, -0.25) is 4.79 Å². The van der Waals surface area contributed by atoms with Crippen LogP contribution in [0, 0.1) is 13.8 Å². The van der Waals surface area contributed by atoms with E-state index < -0.39 is 0 Å². The van der Waals surface area contributed by atoms with Crippen molar-refractivity contribution in [2.75, 3.05) is 11.9 Å². The second kappa shape index (κ2) is 11.3.